The number of carbonyl (C=O) groups is 1. The van der Waals surface area contributed by atoms with Gasteiger partial charge in [0.15, 0.2) is 0 Å². The van der Waals surface area contributed by atoms with Crippen LogP contribution in [0.4, 0.5) is 11.4 Å². The summed E-state index contributed by atoms with van der Waals surface area (Å²) in [6, 6.07) is 3.35. The van der Waals surface area contributed by atoms with E-state index in [9.17, 15) is 25.0 Å². The molecule has 1 aromatic carbocycles. The fourth-order valence-electron chi connectivity index (χ4n) is 1.62. The molecule has 1 rings (SSSR count). The Morgan fingerprint density at radius 1 is 1.32 bits per heavy atom. The minimum atomic E-state index is -0.708. The van der Waals surface area contributed by atoms with Crippen LogP contribution in [0.5, 0.6) is 0 Å². The molecule has 0 saturated heterocycles. The van der Waals surface area contributed by atoms with Gasteiger partial charge in [0.25, 0.3) is 11.4 Å². The van der Waals surface area contributed by atoms with Crippen LogP contribution in [0.2, 0.25) is 0 Å². The lowest BCUT2D eigenvalue weighted by Gasteiger charge is -2.09. The molecule has 0 aromatic heterocycles. The minimum Gasteiger partial charge on any atom is -0.469 e. The van der Waals surface area contributed by atoms with Crippen LogP contribution in [0.15, 0.2) is 18.2 Å². The van der Waals surface area contributed by atoms with Crippen LogP contribution in [0.25, 0.3) is 0 Å². The fraction of sp³-hybridized carbons (Fsp3) is 0.364. The van der Waals surface area contributed by atoms with E-state index >= 15 is 0 Å². The Hall–Kier alpha value is -2.51. The molecule has 0 spiro atoms. The van der Waals surface area contributed by atoms with Gasteiger partial charge in [0.05, 0.1) is 28.9 Å². The second-order valence-corrected chi connectivity index (χ2v) is 3.96. The number of carbonyl (C=O) groups excluding carboxylic acids is 1. The summed E-state index contributed by atoms with van der Waals surface area (Å²) >= 11 is 0. The van der Waals surface area contributed by atoms with Gasteiger partial charge in [-0.2, -0.15) is 0 Å². The maximum absolute atomic E-state index is 11.3. The molecule has 1 unspecified atom stereocenters. The van der Waals surface area contributed by atoms with Crippen molar-refractivity contribution in [2.75, 3.05) is 7.11 Å². The standard InChI is InChI=1S/C11H12N2O6/c1-7(11(14)19-2)5-8-3-4-9(12(15)16)6-10(8)13(17)18/h3-4,6-7H,5H2,1-2H3. The lowest BCUT2D eigenvalue weighted by Crippen LogP contribution is -2.15. The van der Waals surface area contributed by atoms with Crippen LogP contribution in [0, 0.1) is 26.1 Å². The molecule has 0 N–H and O–H groups in total. The minimum absolute atomic E-state index is 0.0843. The number of hydrogen-bond donors (Lipinski definition) is 0. The zero-order valence-electron chi connectivity index (χ0n) is 10.4. The van der Waals surface area contributed by atoms with Gasteiger partial charge in [-0.1, -0.05) is 6.92 Å². The molecule has 0 aliphatic carbocycles. The summed E-state index contributed by atoms with van der Waals surface area (Å²) in [4.78, 5) is 31.3. The first-order valence-electron chi connectivity index (χ1n) is 5.36. The number of non-ortho nitro benzene ring substituents is 1. The van der Waals surface area contributed by atoms with Crippen molar-refractivity contribution in [3.05, 3.63) is 44.0 Å². The number of nitro benzene ring substituents is 2. The molecule has 0 bridgehead atoms. The fourth-order valence-corrected chi connectivity index (χ4v) is 1.62. The lowest BCUT2D eigenvalue weighted by atomic mass is 9.99. The van der Waals surface area contributed by atoms with Gasteiger partial charge < -0.3 is 4.74 Å². The monoisotopic (exact) mass is 268 g/mol. The third-order valence-corrected chi connectivity index (χ3v) is 2.61. The van der Waals surface area contributed by atoms with E-state index in [4.69, 9.17) is 0 Å². The number of rotatable bonds is 5. The molecule has 8 nitrogen and oxygen atoms in total. The van der Waals surface area contributed by atoms with E-state index in [0.29, 0.717) is 0 Å². The SMILES string of the molecule is COC(=O)C(C)Cc1ccc([N+](=O)[O-])cc1[N+](=O)[O-]. The van der Waals surface area contributed by atoms with Crippen molar-refractivity contribution in [1.82, 2.24) is 0 Å². The molecule has 1 atom stereocenters. The molecule has 102 valence electrons. The van der Waals surface area contributed by atoms with Gasteiger partial charge in [-0.05, 0) is 12.5 Å². The highest BCUT2D eigenvalue weighted by Crippen LogP contribution is 2.26. The van der Waals surface area contributed by atoms with E-state index in [1.807, 2.05) is 0 Å². The van der Waals surface area contributed by atoms with Gasteiger partial charge in [0.2, 0.25) is 0 Å². The molecule has 1 aromatic rings. The second kappa shape index (κ2) is 5.89. The third kappa shape index (κ3) is 3.47. The van der Waals surface area contributed by atoms with E-state index in [0.717, 1.165) is 6.07 Å². The molecular formula is C11H12N2O6. The Morgan fingerprint density at radius 2 is 1.95 bits per heavy atom. The van der Waals surface area contributed by atoms with E-state index in [2.05, 4.69) is 4.74 Å². The average molecular weight is 268 g/mol. The van der Waals surface area contributed by atoms with E-state index < -0.39 is 21.7 Å². The van der Waals surface area contributed by atoms with Gasteiger partial charge in [-0.25, -0.2) is 0 Å². The summed E-state index contributed by atoms with van der Waals surface area (Å²) in [5.41, 5.74) is -0.473. The smallest absolute Gasteiger partial charge is 0.308 e. The van der Waals surface area contributed by atoms with Crippen LogP contribution in [-0.2, 0) is 16.0 Å². The third-order valence-electron chi connectivity index (χ3n) is 2.61. The van der Waals surface area contributed by atoms with Crippen LogP contribution in [0.1, 0.15) is 12.5 Å². The van der Waals surface area contributed by atoms with E-state index in [1.165, 1.54) is 19.2 Å². The number of nitrogens with zero attached hydrogens (tertiary/aromatic N) is 2. The second-order valence-electron chi connectivity index (χ2n) is 3.96. The van der Waals surface area contributed by atoms with E-state index in [-0.39, 0.29) is 23.4 Å². The Morgan fingerprint density at radius 3 is 2.42 bits per heavy atom. The Kier molecular flexibility index (Phi) is 4.51. The van der Waals surface area contributed by atoms with Crippen molar-refractivity contribution in [3.8, 4) is 0 Å². The summed E-state index contributed by atoms with van der Waals surface area (Å²) in [6.45, 7) is 1.57. The molecule has 0 aliphatic rings. The number of benzene rings is 1. The van der Waals surface area contributed by atoms with E-state index in [1.54, 1.807) is 6.92 Å². The molecule has 0 saturated carbocycles. The van der Waals surface area contributed by atoms with Crippen LogP contribution < -0.4 is 0 Å². The zero-order valence-corrected chi connectivity index (χ0v) is 10.4. The maximum atomic E-state index is 11.3. The van der Waals surface area contributed by atoms with Gasteiger partial charge in [-0.15, -0.1) is 0 Å². The van der Waals surface area contributed by atoms with Crippen LogP contribution >= 0.6 is 0 Å². The van der Waals surface area contributed by atoms with Crippen molar-refractivity contribution in [3.63, 3.8) is 0 Å². The normalized spacial score (nSPS) is 11.7. The molecular weight excluding hydrogens is 256 g/mol. The molecule has 0 amide bonds. The van der Waals surface area contributed by atoms with Crippen molar-refractivity contribution in [1.29, 1.82) is 0 Å². The zero-order chi connectivity index (χ0) is 14.6. The first-order chi connectivity index (χ1) is 8.86. The van der Waals surface area contributed by atoms with Crippen molar-refractivity contribution in [2.24, 2.45) is 5.92 Å². The molecule has 19 heavy (non-hydrogen) atoms. The lowest BCUT2D eigenvalue weighted by molar-refractivity contribution is -0.394. The molecule has 0 fully saturated rings. The highest BCUT2D eigenvalue weighted by Gasteiger charge is 2.23. The topological polar surface area (TPSA) is 113 Å². The van der Waals surface area contributed by atoms with Crippen molar-refractivity contribution < 1.29 is 19.4 Å². The van der Waals surface area contributed by atoms with Gasteiger partial charge >= 0.3 is 5.97 Å². The highest BCUT2D eigenvalue weighted by molar-refractivity contribution is 5.72. The predicted octanol–water partition coefficient (Wildman–Crippen LogP) is 1.85. The maximum Gasteiger partial charge on any atom is 0.308 e. The van der Waals surface area contributed by atoms with Gasteiger partial charge in [-0.3, -0.25) is 25.0 Å². The van der Waals surface area contributed by atoms with Crippen molar-refractivity contribution in [2.45, 2.75) is 13.3 Å². The first kappa shape index (κ1) is 14.6. The Balaban J connectivity index is 3.10. The van der Waals surface area contributed by atoms with Crippen molar-refractivity contribution >= 4 is 17.3 Å². The number of methoxy groups -OCH3 is 1. The van der Waals surface area contributed by atoms with Crippen LogP contribution in [-0.4, -0.2) is 22.9 Å². The quantitative estimate of drug-likeness (QED) is 0.457. The van der Waals surface area contributed by atoms with Gasteiger partial charge in [0, 0.05) is 11.6 Å². The molecule has 0 aliphatic heterocycles. The summed E-state index contributed by atoms with van der Waals surface area (Å²) in [5, 5.41) is 21.5. The first-order valence-corrected chi connectivity index (χ1v) is 5.36. The highest BCUT2D eigenvalue weighted by atomic mass is 16.6. The number of hydrogen-bond acceptors (Lipinski definition) is 6. The Bertz CT molecular complexity index is 528. The summed E-state index contributed by atoms with van der Waals surface area (Å²) in [5.74, 6) is -1.06. The molecule has 0 heterocycles. The summed E-state index contributed by atoms with van der Waals surface area (Å²) in [7, 11) is 1.23. The molecule has 0 radical (unpaired) electrons. The van der Waals surface area contributed by atoms with Gasteiger partial charge in [0.1, 0.15) is 0 Å². The number of ether oxygens (including phenoxy) is 1. The summed E-state index contributed by atoms with van der Waals surface area (Å²) in [6.07, 6.45) is 0.0843. The summed E-state index contributed by atoms with van der Waals surface area (Å²) < 4.78 is 4.53. The average Bonchev–Trinajstić information content (AvgIpc) is 2.37. The Labute approximate surface area is 108 Å². The predicted molar refractivity (Wildman–Crippen MR) is 64.6 cm³/mol. The molecule has 8 heteroatoms. The number of nitro groups is 2. The van der Waals surface area contributed by atoms with Crippen LogP contribution in [0.3, 0.4) is 0 Å². The number of esters is 1. The largest absolute Gasteiger partial charge is 0.469 e.